The maximum absolute atomic E-state index is 10.2. The molecule has 4 heteroatoms. The Bertz CT molecular complexity index is 543. The van der Waals surface area contributed by atoms with Crippen LogP contribution in [0.15, 0.2) is 42.6 Å². The third-order valence-corrected chi connectivity index (χ3v) is 3.21. The summed E-state index contributed by atoms with van der Waals surface area (Å²) in [4.78, 5) is 4.31. The zero-order valence-corrected chi connectivity index (χ0v) is 11.7. The third kappa shape index (κ3) is 3.27. The van der Waals surface area contributed by atoms with Crippen LogP contribution in [0.3, 0.4) is 0 Å². The van der Waals surface area contributed by atoms with Crippen molar-refractivity contribution in [2.45, 2.75) is 18.9 Å². The average Bonchev–Trinajstić information content (AvgIpc) is 2.52. The number of hydrogen-bond donors (Lipinski definition) is 1. The molecule has 0 fully saturated rings. The summed E-state index contributed by atoms with van der Waals surface area (Å²) in [6.45, 7) is 0. The first kappa shape index (κ1) is 14.3. The zero-order valence-electron chi connectivity index (χ0n) is 11.7. The fraction of sp³-hybridized carbons (Fsp3) is 0.312. The predicted molar refractivity (Wildman–Crippen MR) is 77.1 cm³/mol. The van der Waals surface area contributed by atoms with E-state index in [1.54, 1.807) is 26.5 Å². The summed E-state index contributed by atoms with van der Waals surface area (Å²) in [6.07, 6.45) is 2.39. The lowest BCUT2D eigenvalue weighted by atomic mass is 10.0. The topological polar surface area (TPSA) is 51.6 Å². The molecule has 4 nitrogen and oxygen atoms in total. The minimum absolute atomic E-state index is 0.506. The van der Waals surface area contributed by atoms with Gasteiger partial charge in [0.2, 0.25) is 0 Å². The quantitative estimate of drug-likeness (QED) is 0.879. The van der Waals surface area contributed by atoms with Crippen molar-refractivity contribution in [3.8, 4) is 11.5 Å². The molecule has 1 unspecified atom stereocenters. The lowest BCUT2D eigenvalue weighted by Crippen LogP contribution is -2.03. The summed E-state index contributed by atoms with van der Waals surface area (Å²) < 4.78 is 10.6. The molecule has 0 saturated carbocycles. The highest BCUT2D eigenvalue weighted by Crippen LogP contribution is 2.31. The van der Waals surface area contributed by atoms with Crippen LogP contribution in [-0.4, -0.2) is 24.3 Å². The van der Waals surface area contributed by atoms with Gasteiger partial charge in [0.25, 0.3) is 0 Å². The number of rotatable bonds is 6. The van der Waals surface area contributed by atoms with Crippen LogP contribution < -0.4 is 9.47 Å². The van der Waals surface area contributed by atoms with Gasteiger partial charge in [0.05, 0.1) is 26.0 Å². The number of aliphatic hydroxyl groups is 1. The van der Waals surface area contributed by atoms with Gasteiger partial charge < -0.3 is 14.6 Å². The fourth-order valence-electron chi connectivity index (χ4n) is 2.14. The van der Waals surface area contributed by atoms with Crippen molar-refractivity contribution in [2.75, 3.05) is 14.2 Å². The van der Waals surface area contributed by atoms with Crippen LogP contribution in [0.25, 0.3) is 0 Å². The maximum atomic E-state index is 10.2. The summed E-state index contributed by atoms with van der Waals surface area (Å²) in [5.41, 5.74) is 1.70. The molecular formula is C16H19NO3. The van der Waals surface area contributed by atoms with Crippen LogP contribution in [0.1, 0.15) is 23.8 Å². The monoisotopic (exact) mass is 273 g/mol. The normalized spacial score (nSPS) is 11.9. The van der Waals surface area contributed by atoms with Crippen LogP contribution in [-0.2, 0) is 6.42 Å². The van der Waals surface area contributed by atoms with Crippen LogP contribution in [0.5, 0.6) is 11.5 Å². The molecule has 2 rings (SSSR count). The molecule has 1 aromatic carbocycles. The van der Waals surface area contributed by atoms with Gasteiger partial charge in [-0.2, -0.15) is 0 Å². The number of aryl methyl sites for hydroxylation is 1. The predicted octanol–water partition coefficient (Wildman–Crippen LogP) is 2.77. The molecule has 106 valence electrons. The Morgan fingerprint density at radius 1 is 1.10 bits per heavy atom. The van der Waals surface area contributed by atoms with Gasteiger partial charge in [-0.1, -0.05) is 30.3 Å². The lowest BCUT2D eigenvalue weighted by Gasteiger charge is -2.14. The van der Waals surface area contributed by atoms with Gasteiger partial charge in [-0.25, -0.2) is 0 Å². The Morgan fingerprint density at radius 3 is 2.50 bits per heavy atom. The molecule has 2 aromatic rings. The van der Waals surface area contributed by atoms with E-state index in [1.165, 1.54) is 0 Å². The highest BCUT2D eigenvalue weighted by molar-refractivity contribution is 5.42. The Labute approximate surface area is 119 Å². The van der Waals surface area contributed by atoms with E-state index < -0.39 is 6.10 Å². The molecule has 0 aliphatic rings. The van der Waals surface area contributed by atoms with Crippen molar-refractivity contribution in [2.24, 2.45) is 0 Å². The molecule has 0 saturated heterocycles. The van der Waals surface area contributed by atoms with Gasteiger partial charge >= 0.3 is 0 Å². The second-order valence-corrected chi connectivity index (χ2v) is 4.46. The Kier molecular flexibility index (Phi) is 4.96. The van der Waals surface area contributed by atoms with E-state index in [0.29, 0.717) is 24.3 Å². The average molecular weight is 273 g/mol. The zero-order chi connectivity index (χ0) is 14.4. The number of aromatic nitrogens is 1. The molecule has 1 heterocycles. The molecule has 0 radical (unpaired) electrons. The minimum atomic E-state index is -0.506. The summed E-state index contributed by atoms with van der Waals surface area (Å²) in [5, 5.41) is 10.2. The van der Waals surface area contributed by atoms with E-state index in [9.17, 15) is 5.11 Å². The molecule has 0 aliphatic carbocycles. The summed E-state index contributed by atoms with van der Waals surface area (Å²) >= 11 is 0. The number of methoxy groups -OCH3 is 2. The van der Waals surface area contributed by atoms with E-state index in [2.05, 4.69) is 4.98 Å². The first-order valence-electron chi connectivity index (χ1n) is 6.55. The second-order valence-electron chi connectivity index (χ2n) is 4.46. The van der Waals surface area contributed by atoms with Gasteiger partial charge in [-0.15, -0.1) is 0 Å². The van der Waals surface area contributed by atoms with Gasteiger partial charge in [-0.3, -0.25) is 4.98 Å². The minimum Gasteiger partial charge on any atom is -0.493 e. The van der Waals surface area contributed by atoms with E-state index in [4.69, 9.17) is 9.47 Å². The Hall–Kier alpha value is -2.07. The highest BCUT2D eigenvalue weighted by atomic mass is 16.5. The third-order valence-electron chi connectivity index (χ3n) is 3.21. The molecule has 1 N–H and O–H groups in total. The summed E-state index contributed by atoms with van der Waals surface area (Å²) in [7, 11) is 3.19. The van der Waals surface area contributed by atoms with Crippen molar-refractivity contribution in [3.05, 3.63) is 53.9 Å². The van der Waals surface area contributed by atoms with Gasteiger partial charge in [-0.05, 0) is 18.4 Å². The molecule has 20 heavy (non-hydrogen) atoms. The van der Waals surface area contributed by atoms with Gasteiger partial charge in [0, 0.05) is 12.3 Å². The number of ether oxygens (including phenoxy) is 2. The number of hydrogen-bond acceptors (Lipinski definition) is 4. The molecule has 1 atom stereocenters. The second kappa shape index (κ2) is 6.91. The van der Waals surface area contributed by atoms with Crippen LogP contribution in [0.4, 0.5) is 0 Å². The van der Waals surface area contributed by atoms with Crippen LogP contribution >= 0.6 is 0 Å². The molecule has 1 aromatic heterocycles. The van der Waals surface area contributed by atoms with Crippen molar-refractivity contribution in [3.63, 3.8) is 0 Å². The van der Waals surface area contributed by atoms with Crippen LogP contribution in [0, 0.1) is 0 Å². The van der Waals surface area contributed by atoms with Gasteiger partial charge in [0.15, 0.2) is 11.5 Å². The molecule has 0 amide bonds. The molecule has 0 bridgehead atoms. The first-order chi connectivity index (χ1) is 9.76. The molecule has 0 spiro atoms. The van der Waals surface area contributed by atoms with E-state index in [1.807, 2.05) is 30.3 Å². The number of nitrogens with zero attached hydrogens (tertiary/aromatic N) is 1. The summed E-state index contributed by atoms with van der Waals surface area (Å²) in [5.74, 6) is 1.29. The standard InChI is InChI=1S/C16H19NO3/c1-19-15-10-11-17-13(16(15)20-2)8-9-14(18)12-6-4-3-5-7-12/h3-7,10-11,14,18H,8-9H2,1-2H3. The fourth-order valence-corrected chi connectivity index (χ4v) is 2.14. The molecule has 0 aliphatic heterocycles. The maximum Gasteiger partial charge on any atom is 0.182 e. The van der Waals surface area contributed by atoms with Crippen molar-refractivity contribution < 1.29 is 14.6 Å². The van der Waals surface area contributed by atoms with E-state index in [-0.39, 0.29) is 0 Å². The van der Waals surface area contributed by atoms with Crippen molar-refractivity contribution in [1.82, 2.24) is 4.98 Å². The van der Waals surface area contributed by atoms with E-state index in [0.717, 1.165) is 11.3 Å². The van der Waals surface area contributed by atoms with E-state index >= 15 is 0 Å². The largest absolute Gasteiger partial charge is 0.493 e. The Morgan fingerprint density at radius 2 is 1.85 bits per heavy atom. The summed E-state index contributed by atoms with van der Waals surface area (Å²) in [6, 6.07) is 11.4. The van der Waals surface area contributed by atoms with Crippen molar-refractivity contribution in [1.29, 1.82) is 0 Å². The van der Waals surface area contributed by atoms with Crippen LogP contribution in [0.2, 0.25) is 0 Å². The SMILES string of the molecule is COc1ccnc(CCC(O)c2ccccc2)c1OC. The van der Waals surface area contributed by atoms with Gasteiger partial charge in [0.1, 0.15) is 0 Å². The number of aliphatic hydroxyl groups excluding tert-OH is 1. The molecular weight excluding hydrogens is 254 g/mol. The number of pyridine rings is 1. The highest BCUT2D eigenvalue weighted by Gasteiger charge is 2.13. The first-order valence-corrected chi connectivity index (χ1v) is 6.55. The van der Waals surface area contributed by atoms with Crippen molar-refractivity contribution >= 4 is 0 Å². The lowest BCUT2D eigenvalue weighted by molar-refractivity contribution is 0.167. The Balaban J connectivity index is 2.07. The smallest absolute Gasteiger partial charge is 0.182 e. The number of benzene rings is 1.